The molecule has 0 amide bonds. The average Bonchev–Trinajstić information content (AvgIpc) is 2.62. The van der Waals surface area contributed by atoms with Crippen molar-refractivity contribution in [2.24, 2.45) is 10.7 Å². The van der Waals surface area contributed by atoms with E-state index in [1.807, 2.05) is 38.4 Å². The number of guanidine groups is 1. The highest BCUT2D eigenvalue weighted by Gasteiger charge is 2.14. The summed E-state index contributed by atoms with van der Waals surface area (Å²) in [5.41, 5.74) is 9.48. The van der Waals surface area contributed by atoms with Gasteiger partial charge in [-0.25, -0.2) is 0 Å². The monoisotopic (exact) mass is 468 g/mol. The van der Waals surface area contributed by atoms with Gasteiger partial charge in [-0.05, 0) is 55.9 Å². The zero-order chi connectivity index (χ0) is 18.2. The fourth-order valence-corrected chi connectivity index (χ4v) is 2.63. The molecule has 0 saturated heterocycles. The van der Waals surface area contributed by atoms with Gasteiger partial charge in [-0.15, -0.1) is 24.0 Å². The van der Waals surface area contributed by atoms with Crippen LogP contribution in [-0.2, 0) is 6.42 Å². The molecule has 0 spiro atoms. The Balaban J connectivity index is 0.00000338. The van der Waals surface area contributed by atoms with E-state index in [1.165, 1.54) is 11.1 Å². The van der Waals surface area contributed by atoms with Crippen molar-refractivity contribution in [1.82, 2.24) is 4.90 Å². The molecule has 0 radical (unpaired) electrons. The Bertz CT molecular complexity index is 701. The number of nitrogens with two attached hydrogens (primary N) is 1. The lowest BCUT2D eigenvalue weighted by atomic mass is 10.1. The third-order valence-electron chi connectivity index (χ3n) is 4.17. The highest BCUT2D eigenvalue weighted by Crippen LogP contribution is 2.21. The van der Waals surface area contributed by atoms with Gasteiger partial charge in [0.2, 0.25) is 0 Å². The average molecular weight is 468 g/mol. The van der Waals surface area contributed by atoms with Crippen molar-refractivity contribution in [3.05, 3.63) is 59.7 Å². The molecule has 0 saturated carbocycles. The summed E-state index contributed by atoms with van der Waals surface area (Å²) >= 11 is 0. The van der Waals surface area contributed by atoms with Crippen LogP contribution in [0.1, 0.15) is 24.1 Å². The molecule has 142 valence electrons. The number of anilines is 1. The Hall–Kier alpha value is -1.80. The first-order valence-corrected chi connectivity index (χ1v) is 8.49. The SMILES string of the molecule is CCc1cccc(NC(N)=NCC(c2ccc(OC)cc2)N(C)C)c1.I. The summed E-state index contributed by atoms with van der Waals surface area (Å²) in [7, 11) is 5.75. The number of aryl methyl sites for hydroxylation is 1. The summed E-state index contributed by atoms with van der Waals surface area (Å²) < 4.78 is 5.22. The van der Waals surface area contributed by atoms with E-state index in [9.17, 15) is 0 Å². The van der Waals surface area contributed by atoms with E-state index >= 15 is 0 Å². The Morgan fingerprint density at radius 1 is 1.19 bits per heavy atom. The number of aliphatic imine (C=N–C) groups is 1. The number of likely N-dealkylation sites (N-methyl/N-ethyl adjacent to an activating group) is 1. The number of halogens is 1. The van der Waals surface area contributed by atoms with Crippen LogP contribution >= 0.6 is 24.0 Å². The van der Waals surface area contributed by atoms with Crippen molar-refractivity contribution < 1.29 is 4.74 Å². The van der Waals surface area contributed by atoms with Gasteiger partial charge >= 0.3 is 0 Å². The number of rotatable bonds is 7. The fraction of sp³-hybridized carbons (Fsp3) is 0.350. The van der Waals surface area contributed by atoms with Crippen LogP contribution < -0.4 is 15.8 Å². The molecule has 0 aliphatic heterocycles. The van der Waals surface area contributed by atoms with E-state index in [2.05, 4.69) is 46.4 Å². The lowest BCUT2D eigenvalue weighted by Crippen LogP contribution is -2.27. The molecule has 3 N–H and O–H groups in total. The maximum atomic E-state index is 6.07. The van der Waals surface area contributed by atoms with Gasteiger partial charge in [0, 0.05) is 5.69 Å². The highest BCUT2D eigenvalue weighted by molar-refractivity contribution is 14.0. The summed E-state index contributed by atoms with van der Waals surface area (Å²) in [6, 6.07) is 16.4. The lowest BCUT2D eigenvalue weighted by molar-refractivity contribution is 0.306. The molecule has 2 aromatic rings. The minimum Gasteiger partial charge on any atom is -0.497 e. The molecule has 0 bridgehead atoms. The molecule has 2 aromatic carbocycles. The summed E-state index contributed by atoms with van der Waals surface area (Å²) in [6.45, 7) is 2.71. The van der Waals surface area contributed by atoms with Gasteiger partial charge in [-0.3, -0.25) is 4.99 Å². The normalized spacial score (nSPS) is 12.4. The Morgan fingerprint density at radius 3 is 2.46 bits per heavy atom. The number of nitrogens with one attached hydrogen (secondary N) is 1. The van der Waals surface area contributed by atoms with Crippen LogP contribution in [0.15, 0.2) is 53.5 Å². The minimum absolute atomic E-state index is 0. The number of benzene rings is 2. The van der Waals surface area contributed by atoms with Crippen molar-refractivity contribution in [3.8, 4) is 5.75 Å². The van der Waals surface area contributed by atoms with Gasteiger partial charge in [0.1, 0.15) is 5.75 Å². The van der Waals surface area contributed by atoms with Gasteiger partial charge in [-0.2, -0.15) is 0 Å². The van der Waals surface area contributed by atoms with Crippen LogP contribution in [-0.4, -0.2) is 38.6 Å². The molecular weight excluding hydrogens is 439 g/mol. The van der Waals surface area contributed by atoms with Gasteiger partial charge in [0.15, 0.2) is 5.96 Å². The van der Waals surface area contributed by atoms with E-state index in [-0.39, 0.29) is 30.0 Å². The molecule has 0 fully saturated rings. The Morgan fingerprint density at radius 2 is 1.88 bits per heavy atom. The molecule has 26 heavy (non-hydrogen) atoms. The number of hydrogen-bond donors (Lipinski definition) is 2. The number of ether oxygens (including phenoxy) is 1. The van der Waals surface area contributed by atoms with Crippen molar-refractivity contribution in [1.29, 1.82) is 0 Å². The topological polar surface area (TPSA) is 62.9 Å². The number of nitrogens with zero attached hydrogens (tertiary/aromatic N) is 2. The smallest absolute Gasteiger partial charge is 0.193 e. The molecule has 6 heteroatoms. The van der Waals surface area contributed by atoms with E-state index in [1.54, 1.807) is 7.11 Å². The van der Waals surface area contributed by atoms with Crippen molar-refractivity contribution in [2.45, 2.75) is 19.4 Å². The van der Waals surface area contributed by atoms with Crippen molar-refractivity contribution >= 4 is 35.6 Å². The van der Waals surface area contributed by atoms with Crippen LogP contribution in [0.25, 0.3) is 0 Å². The molecule has 0 heterocycles. The summed E-state index contributed by atoms with van der Waals surface area (Å²) in [5, 5.41) is 3.17. The third-order valence-corrected chi connectivity index (χ3v) is 4.17. The maximum absolute atomic E-state index is 6.07. The predicted octanol–water partition coefficient (Wildman–Crippen LogP) is 3.91. The zero-order valence-electron chi connectivity index (χ0n) is 15.9. The van der Waals surface area contributed by atoms with Crippen LogP contribution in [0.5, 0.6) is 5.75 Å². The standard InChI is InChI=1S/C20H28N4O.HI/c1-5-15-7-6-8-17(13-15)23-20(21)22-14-19(24(2)3)16-9-11-18(25-4)12-10-16;/h6-13,19H,5,14H2,1-4H3,(H3,21,22,23);1H. The highest BCUT2D eigenvalue weighted by atomic mass is 127. The van der Waals surface area contributed by atoms with Gasteiger partial charge in [0.25, 0.3) is 0 Å². The molecule has 5 nitrogen and oxygen atoms in total. The summed E-state index contributed by atoms with van der Waals surface area (Å²) in [6.07, 6.45) is 0.993. The van der Waals surface area contributed by atoms with Gasteiger partial charge in [-0.1, -0.05) is 31.2 Å². The summed E-state index contributed by atoms with van der Waals surface area (Å²) in [4.78, 5) is 6.66. The third kappa shape index (κ3) is 6.49. The van der Waals surface area contributed by atoms with Crippen LogP contribution in [0.2, 0.25) is 0 Å². The zero-order valence-corrected chi connectivity index (χ0v) is 18.2. The first kappa shape index (κ1) is 22.2. The number of hydrogen-bond acceptors (Lipinski definition) is 3. The van der Waals surface area contributed by atoms with Crippen LogP contribution in [0, 0.1) is 0 Å². The van der Waals surface area contributed by atoms with Gasteiger partial charge < -0.3 is 20.7 Å². The van der Waals surface area contributed by atoms with Crippen LogP contribution in [0.3, 0.4) is 0 Å². The first-order chi connectivity index (χ1) is 12.0. The summed E-state index contributed by atoms with van der Waals surface area (Å²) in [5.74, 6) is 1.27. The van der Waals surface area contributed by atoms with Crippen molar-refractivity contribution in [3.63, 3.8) is 0 Å². The first-order valence-electron chi connectivity index (χ1n) is 8.49. The minimum atomic E-state index is 0. The van der Waals surface area contributed by atoms with E-state index in [4.69, 9.17) is 10.5 Å². The van der Waals surface area contributed by atoms with E-state index < -0.39 is 0 Å². The largest absolute Gasteiger partial charge is 0.497 e. The molecular formula is C20H29IN4O. The predicted molar refractivity (Wildman–Crippen MR) is 121 cm³/mol. The number of methoxy groups -OCH3 is 1. The fourth-order valence-electron chi connectivity index (χ4n) is 2.63. The van der Waals surface area contributed by atoms with Crippen LogP contribution in [0.4, 0.5) is 5.69 Å². The van der Waals surface area contributed by atoms with E-state index in [0.717, 1.165) is 17.9 Å². The van der Waals surface area contributed by atoms with Gasteiger partial charge in [0.05, 0.1) is 19.7 Å². The van der Waals surface area contributed by atoms with E-state index in [0.29, 0.717) is 12.5 Å². The second-order valence-corrected chi connectivity index (χ2v) is 6.16. The second kappa shape index (κ2) is 11.0. The molecule has 0 aliphatic rings. The molecule has 1 unspecified atom stereocenters. The molecule has 2 rings (SSSR count). The Labute approximate surface area is 173 Å². The quantitative estimate of drug-likeness (QED) is 0.368. The lowest BCUT2D eigenvalue weighted by Gasteiger charge is -2.23. The molecule has 0 aliphatic carbocycles. The van der Waals surface area contributed by atoms with Crippen molar-refractivity contribution in [2.75, 3.05) is 33.1 Å². The second-order valence-electron chi connectivity index (χ2n) is 6.16. The maximum Gasteiger partial charge on any atom is 0.193 e. The Kier molecular flexibility index (Phi) is 9.43. The molecule has 0 aromatic heterocycles. The molecule has 1 atom stereocenters.